The van der Waals surface area contributed by atoms with Gasteiger partial charge in [-0.25, -0.2) is 13.1 Å². The molecule has 0 aliphatic carbocycles. The zero-order valence-electron chi connectivity index (χ0n) is 18.2. The molecule has 3 aromatic carbocycles. The first-order chi connectivity index (χ1) is 15.4. The number of ether oxygens (including phenoxy) is 1. The third-order valence-electron chi connectivity index (χ3n) is 5.17. The van der Waals surface area contributed by atoms with Crippen LogP contribution in [0.25, 0.3) is 0 Å². The topological polar surface area (TPSA) is 84.5 Å². The van der Waals surface area contributed by atoms with Crippen molar-refractivity contribution < 1.29 is 17.9 Å². The van der Waals surface area contributed by atoms with Crippen LogP contribution in [0.5, 0.6) is 5.75 Å². The molecule has 1 atom stereocenters. The molecule has 0 aromatic heterocycles. The fraction of sp³-hybridized carbons (Fsp3) is 0.240. The van der Waals surface area contributed by atoms with E-state index < -0.39 is 10.0 Å². The van der Waals surface area contributed by atoms with Gasteiger partial charge in [0, 0.05) is 24.6 Å². The highest BCUT2D eigenvalue weighted by atomic mass is 32.2. The molecule has 0 heterocycles. The summed E-state index contributed by atoms with van der Waals surface area (Å²) in [5.74, 6) is 0.658. The number of benzene rings is 3. The maximum Gasteiger partial charge on any atom is 0.241 e. The number of aryl methyl sites for hydroxylation is 1. The number of nitrogens with one attached hydrogen (secondary N) is 2. The number of hydrogen-bond donors (Lipinski definition) is 2. The Morgan fingerprint density at radius 3 is 2.28 bits per heavy atom. The van der Waals surface area contributed by atoms with Gasteiger partial charge in [-0.1, -0.05) is 60.7 Å². The lowest BCUT2D eigenvalue weighted by Gasteiger charge is -2.15. The number of carbonyl (C=O) groups excluding carboxylic acids is 1. The average Bonchev–Trinajstić information content (AvgIpc) is 2.82. The molecule has 7 heteroatoms. The van der Waals surface area contributed by atoms with E-state index in [1.807, 2.05) is 61.5 Å². The van der Waals surface area contributed by atoms with E-state index in [0.717, 1.165) is 22.4 Å². The van der Waals surface area contributed by atoms with Gasteiger partial charge in [-0.05, 0) is 42.7 Å². The van der Waals surface area contributed by atoms with Gasteiger partial charge in [-0.3, -0.25) is 4.79 Å². The van der Waals surface area contributed by atoms with Gasteiger partial charge in [0.05, 0.1) is 12.0 Å². The maximum atomic E-state index is 12.7. The van der Waals surface area contributed by atoms with Crippen LogP contribution in [0.3, 0.4) is 0 Å². The van der Waals surface area contributed by atoms with Crippen molar-refractivity contribution in [3.8, 4) is 5.75 Å². The van der Waals surface area contributed by atoms with Gasteiger partial charge in [-0.15, -0.1) is 0 Å². The lowest BCUT2D eigenvalue weighted by atomic mass is 10.1. The van der Waals surface area contributed by atoms with Crippen LogP contribution in [0.4, 0.5) is 0 Å². The normalized spacial score (nSPS) is 12.2. The SMILES string of the molecule is COc1ccccc1CNC(=O)CCc1ccc(S(=O)(=O)N[C@@H](C)c2ccccc2)cc1. The number of hydrogen-bond acceptors (Lipinski definition) is 4. The summed E-state index contributed by atoms with van der Waals surface area (Å²) in [7, 11) is -2.04. The molecule has 0 saturated heterocycles. The van der Waals surface area contributed by atoms with Crippen molar-refractivity contribution >= 4 is 15.9 Å². The van der Waals surface area contributed by atoms with Crippen molar-refractivity contribution in [1.82, 2.24) is 10.0 Å². The van der Waals surface area contributed by atoms with E-state index in [1.165, 1.54) is 0 Å². The second-order valence-electron chi connectivity index (χ2n) is 7.49. The Hall–Kier alpha value is -3.16. The predicted octanol–water partition coefficient (Wildman–Crippen LogP) is 3.98. The molecule has 2 N–H and O–H groups in total. The van der Waals surface area contributed by atoms with Gasteiger partial charge in [0.25, 0.3) is 0 Å². The second kappa shape index (κ2) is 10.9. The Kier molecular flexibility index (Phi) is 8.03. The van der Waals surface area contributed by atoms with E-state index in [2.05, 4.69) is 10.0 Å². The first-order valence-corrected chi connectivity index (χ1v) is 11.9. The highest BCUT2D eigenvalue weighted by Gasteiger charge is 2.18. The molecule has 3 rings (SSSR count). The molecule has 0 aliphatic heterocycles. The fourth-order valence-corrected chi connectivity index (χ4v) is 4.57. The summed E-state index contributed by atoms with van der Waals surface area (Å²) in [6.45, 7) is 2.20. The number of sulfonamides is 1. The molecule has 0 radical (unpaired) electrons. The lowest BCUT2D eigenvalue weighted by molar-refractivity contribution is -0.121. The smallest absolute Gasteiger partial charge is 0.241 e. The molecule has 3 aromatic rings. The van der Waals surface area contributed by atoms with Crippen LogP contribution in [0, 0.1) is 0 Å². The molecular weight excluding hydrogens is 424 g/mol. The molecule has 0 aliphatic rings. The second-order valence-corrected chi connectivity index (χ2v) is 9.20. The molecule has 0 unspecified atom stereocenters. The Morgan fingerprint density at radius 1 is 0.938 bits per heavy atom. The fourth-order valence-electron chi connectivity index (χ4n) is 3.33. The number of rotatable bonds is 10. The van der Waals surface area contributed by atoms with E-state index in [4.69, 9.17) is 4.74 Å². The number of carbonyl (C=O) groups is 1. The largest absolute Gasteiger partial charge is 0.496 e. The number of methoxy groups -OCH3 is 1. The number of para-hydroxylation sites is 1. The van der Waals surface area contributed by atoms with E-state index in [1.54, 1.807) is 31.4 Å². The molecule has 0 bridgehead atoms. The first kappa shape index (κ1) is 23.5. The van der Waals surface area contributed by atoms with Crippen molar-refractivity contribution in [3.63, 3.8) is 0 Å². The molecule has 32 heavy (non-hydrogen) atoms. The van der Waals surface area contributed by atoms with Gasteiger partial charge < -0.3 is 10.1 Å². The maximum absolute atomic E-state index is 12.7. The average molecular weight is 453 g/mol. The summed E-state index contributed by atoms with van der Waals surface area (Å²) in [4.78, 5) is 12.4. The minimum atomic E-state index is -3.64. The van der Waals surface area contributed by atoms with Gasteiger partial charge in [0.1, 0.15) is 5.75 Å². The van der Waals surface area contributed by atoms with Crippen molar-refractivity contribution in [1.29, 1.82) is 0 Å². The van der Waals surface area contributed by atoms with Crippen LogP contribution in [0.1, 0.15) is 36.1 Å². The minimum Gasteiger partial charge on any atom is -0.496 e. The molecule has 1 amide bonds. The standard InChI is InChI=1S/C25H28N2O4S/c1-19(21-8-4-3-5-9-21)27-32(29,30)23-15-12-20(13-16-23)14-17-25(28)26-18-22-10-6-7-11-24(22)31-2/h3-13,15-16,19,27H,14,17-18H2,1-2H3,(H,26,28)/t19-/m0/s1. The molecular formula is C25H28N2O4S. The predicted molar refractivity (Wildman–Crippen MR) is 125 cm³/mol. The number of amides is 1. The Labute approximate surface area is 189 Å². The van der Waals surface area contributed by atoms with E-state index in [-0.39, 0.29) is 16.8 Å². The summed E-state index contributed by atoms with van der Waals surface area (Å²) in [5, 5.41) is 2.89. The van der Waals surface area contributed by atoms with Crippen molar-refractivity contribution in [2.75, 3.05) is 7.11 Å². The summed E-state index contributed by atoms with van der Waals surface area (Å²) in [6.07, 6.45) is 0.830. The third kappa shape index (κ3) is 6.42. The molecule has 6 nitrogen and oxygen atoms in total. The zero-order valence-corrected chi connectivity index (χ0v) is 19.1. The highest BCUT2D eigenvalue weighted by molar-refractivity contribution is 7.89. The van der Waals surface area contributed by atoms with Gasteiger partial charge in [0.15, 0.2) is 0 Å². The summed E-state index contributed by atoms with van der Waals surface area (Å²) in [6, 6.07) is 23.2. The molecule has 0 fully saturated rings. The highest BCUT2D eigenvalue weighted by Crippen LogP contribution is 2.18. The molecule has 168 valence electrons. The molecule has 0 spiro atoms. The quantitative estimate of drug-likeness (QED) is 0.487. The van der Waals surface area contributed by atoms with E-state index >= 15 is 0 Å². The molecule has 0 saturated carbocycles. The van der Waals surface area contributed by atoms with Crippen LogP contribution in [0.2, 0.25) is 0 Å². The van der Waals surface area contributed by atoms with E-state index in [0.29, 0.717) is 19.4 Å². The third-order valence-corrected chi connectivity index (χ3v) is 6.73. The van der Waals surface area contributed by atoms with Gasteiger partial charge in [-0.2, -0.15) is 0 Å². The Morgan fingerprint density at radius 2 is 1.59 bits per heavy atom. The van der Waals surface area contributed by atoms with Gasteiger partial charge in [0.2, 0.25) is 15.9 Å². The van der Waals surface area contributed by atoms with Crippen LogP contribution < -0.4 is 14.8 Å². The van der Waals surface area contributed by atoms with Crippen molar-refractivity contribution in [3.05, 3.63) is 95.6 Å². The zero-order chi connectivity index (χ0) is 23.0. The van der Waals surface area contributed by atoms with Crippen LogP contribution >= 0.6 is 0 Å². The van der Waals surface area contributed by atoms with Crippen molar-refractivity contribution in [2.24, 2.45) is 0 Å². The Bertz CT molecular complexity index is 1130. The van der Waals surface area contributed by atoms with Crippen LogP contribution in [-0.4, -0.2) is 21.4 Å². The van der Waals surface area contributed by atoms with Gasteiger partial charge >= 0.3 is 0 Å². The summed E-state index contributed by atoms with van der Waals surface area (Å²) in [5.41, 5.74) is 2.70. The summed E-state index contributed by atoms with van der Waals surface area (Å²) < 4.78 is 33.3. The lowest BCUT2D eigenvalue weighted by Crippen LogP contribution is -2.26. The summed E-state index contributed by atoms with van der Waals surface area (Å²) >= 11 is 0. The minimum absolute atomic E-state index is 0.0778. The van der Waals surface area contributed by atoms with Crippen LogP contribution in [0.15, 0.2) is 83.8 Å². The Balaban J connectivity index is 1.52. The van der Waals surface area contributed by atoms with E-state index in [9.17, 15) is 13.2 Å². The van der Waals surface area contributed by atoms with Crippen LogP contribution in [-0.2, 0) is 27.8 Å². The first-order valence-electron chi connectivity index (χ1n) is 10.4. The monoisotopic (exact) mass is 452 g/mol. The van der Waals surface area contributed by atoms with Crippen molar-refractivity contribution in [2.45, 2.75) is 37.2 Å².